The van der Waals surface area contributed by atoms with Crippen LogP contribution in [0.15, 0.2) is 174 Å². The van der Waals surface area contributed by atoms with Crippen molar-refractivity contribution in [3.63, 3.8) is 0 Å². The quantitative estimate of drug-likeness (QED) is 0.186. The molecule has 0 aliphatic carbocycles. The molecule has 234 valence electrons. The highest BCUT2D eigenvalue weighted by atomic mass is 16.3. The molecule has 5 nitrogen and oxygen atoms in total. The Kier molecular flexibility index (Phi) is 4.52. The van der Waals surface area contributed by atoms with Crippen molar-refractivity contribution in [3.8, 4) is 51.0 Å². The van der Waals surface area contributed by atoms with E-state index in [1.165, 1.54) is 0 Å². The topological polar surface area (TPSA) is 56.7 Å². The minimum atomic E-state index is -0.611. The second-order valence-electron chi connectivity index (χ2n) is 11.7. The summed E-state index contributed by atoms with van der Waals surface area (Å²) in [6, 6.07) is 30.1. The summed E-state index contributed by atoms with van der Waals surface area (Å²) in [5, 5.41) is 3.70. The molecular formula is C45H28N4O. The maximum absolute atomic E-state index is 8.65. The van der Waals surface area contributed by atoms with Crippen molar-refractivity contribution in [3.05, 3.63) is 170 Å². The van der Waals surface area contributed by atoms with Crippen LogP contribution in [0.25, 0.3) is 94.7 Å². The van der Waals surface area contributed by atoms with Gasteiger partial charge in [-0.1, -0.05) is 121 Å². The number of rotatable bonds is 5. The molecule has 0 aliphatic rings. The summed E-state index contributed by atoms with van der Waals surface area (Å²) < 4.78 is 92.8. The first-order valence-corrected chi connectivity index (χ1v) is 15.9. The summed E-state index contributed by atoms with van der Waals surface area (Å²) in [6.07, 6.45) is 0. The van der Waals surface area contributed by atoms with Gasteiger partial charge in [0.25, 0.3) is 0 Å². The fraction of sp³-hybridized carbons (Fsp3) is 0. The van der Waals surface area contributed by atoms with Crippen molar-refractivity contribution < 1.29 is 18.1 Å². The number of para-hydroxylation sites is 3. The zero-order valence-corrected chi connectivity index (χ0v) is 26.1. The monoisotopic (exact) mass is 650 g/mol. The molecule has 3 heterocycles. The molecule has 3 aromatic heterocycles. The lowest BCUT2D eigenvalue weighted by molar-refractivity contribution is 0.670. The van der Waals surface area contributed by atoms with Gasteiger partial charge in [0, 0.05) is 49.5 Å². The number of benzene rings is 7. The van der Waals surface area contributed by atoms with E-state index in [0.717, 1.165) is 44.0 Å². The van der Waals surface area contributed by atoms with Crippen molar-refractivity contribution >= 4 is 43.7 Å². The number of aromatic nitrogens is 4. The molecule has 7 aromatic carbocycles. The largest absolute Gasteiger partial charge is 0.455 e. The Balaban J connectivity index is 1.16. The Hall–Kier alpha value is -6.85. The van der Waals surface area contributed by atoms with Gasteiger partial charge < -0.3 is 8.98 Å². The second-order valence-corrected chi connectivity index (χ2v) is 11.7. The van der Waals surface area contributed by atoms with Gasteiger partial charge in [0.15, 0.2) is 17.5 Å². The Labute approximate surface area is 301 Å². The fourth-order valence-corrected chi connectivity index (χ4v) is 6.61. The van der Waals surface area contributed by atoms with Gasteiger partial charge in [-0.25, -0.2) is 15.0 Å². The third-order valence-corrected chi connectivity index (χ3v) is 8.84. The Morgan fingerprint density at radius 3 is 1.80 bits per heavy atom. The van der Waals surface area contributed by atoms with Crippen LogP contribution in [0.3, 0.4) is 0 Å². The summed E-state index contributed by atoms with van der Waals surface area (Å²) in [4.78, 5) is 13.6. The van der Waals surface area contributed by atoms with Gasteiger partial charge in [-0.3, -0.25) is 0 Å². The molecule has 0 atom stereocenters. The van der Waals surface area contributed by atoms with Gasteiger partial charge in [-0.2, -0.15) is 0 Å². The van der Waals surface area contributed by atoms with E-state index in [2.05, 4.69) is 62.0 Å². The highest BCUT2D eigenvalue weighted by Crippen LogP contribution is 2.40. The van der Waals surface area contributed by atoms with E-state index in [9.17, 15) is 0 Å². The first kappa shape index (κ1) is 19.8. The molecule has 50 heavy (non-hydrogen) atoms. The lowest BCUT2D eigenvalue weighted by Crippen LogP contribution is -2.00. The van der Waals surface area contributed by atoms with E-state index in [1.807, 2.05) is 48.5 Å². The van der Waals surface area contributed by atoms with Crippen LogP contribution in [0.4, 0.5) is 0 Å². The minimum absolute atomic E-state index is 0.0266. The first-order valence-electron chi connectivity index (χ1n) is 20.9. The summed E-state index contributed by atoms with van der Waals surface area (Å²) in [7, 11) is 0. The lowest BCUT2D eigenvalue weighted by atomic mass is 10.00. The number of nitrogens with zero attached hydrogens (tertiary/aromatic N) is 4. The molecule has 0 radical (unpaired) electrons. The molecule has 0 fully saturated rings. The number of furan rings is 1. The normalized spacial score (nSPS) is 14.4. The molecule has 0 unspecified atom stereocenters. The molecule has 5 heteroatoms. The van der Waals surface area contributed by atoms with E-state index in [0.29, 0.717) is 22.1 Å². The predicted molar refractivity (Wildman–Crippen MR) is 203 cm³/mol. The van der Waals surface area contributed by atoms with E-state index >= 15 is 0 Å². The van der Waals surface area contributed by atoms with Crippen LogP contribution in [-0.2, 0) is 0 Å². The third kappa shape index (κ3) is 4.60. The molecule has 10 rings (SSSR count). The van der Waals surface area contributed by atoms with E-state index in [4.69, 9.17) is 18.1 Å². The summed E-state index contributed by atoms with van der Waals surface area (Å²) in [5.74, 6) is -0.689. The highest BCUT2D eigenvalue weighted by molar-refractivity contribution is 6.13. The van der Waals surface area contributed by atoms with Gasteiger partial charge in [0.2, 0.25) is 0 Å². The van der Waals surface area contributed by atoms with Gasteiger partial charge in [0.1, 0.15) is 11.2 Å². The standard InChI is InChI=1S/C45H28N4O/c1-4-13-29(14-5-1)43-46-44(30-15-6-2-7-16-30)48-45(47-43)32-24-26-41-38(28-32)36-21-12-20-34(42(36)50-41)31-23-25-40-37(27-31)35-19-10-11-22-39(35)49(40)33-17-8-3-9-18-33/h1-28H/i1D,2D,4D,5D,6D,7D,13D,14D,15D,16D. The zero-order valence-electron chi connectivity index (χ0n) is 36.1. The van der Waals surface area contributed by atoms with Crippen LogP contribution in [-0.4, -0.2) is 19.5 Å². The van der Waals surface area contributed by atoms with Crippen molar-refractivity contribution in [1.82, 2.24) is 19.5 Å². The van der Waals surface area contributed by atoms with Crippen LogP contribution in [0.5, 0.6) is 0 Å². The molecule has 0 amide bonds. The van der Waals surface area contributed by atoms with Crippen molar-refractivity contribution in [2.45, 2.75) is 0 Å². The summed E-state index contributed by atoms with van der Waals surface area (Å²) in [6.45, 7) is 0. The van der Waals surface area contributed by atoms with E-state index in [1.54, 1.807) is 18.2 Å². The van der Waals surface area contributed by atoms with Crippen molar-refractivity contribution in [2.24, 2.45) is 0 Å². The molecule has 0 bridgehead atoms. The van der Waals surface area contributed by atoms with E-state index in [-0.39, 0.29) is 28.6 Å². The highest BCUT2D eigenvalue weighted by Gasteiger charge is 2.18. The molecule has 0 spiro atoms. The maximum Gasteiger partial charge on any atom is 0.164 e. The predicted octanol–water partition coefficient (Wildman–Crippen LogP) is 11.5. The molecular weight excluding hydrogens is 613 g/mol. The van der Waals surface area contributed by atoms with Gasteiger partial charge in [-0.05, 0) is 54.1 Å². The lowest BCUT2D eigenvalue weighted by Gasteiger charge is -2.08. The van der Waals surface area contributed by atoms with E-state index < -0.39 is 60.4 Å². The fourth-order valence-electron chi connectivity index (χ4n) is 6.61. The molecule has 0 N–H and O–H groups in total. The SMILES string of the molecule is [2H]c1c([2H])c([2H])c(-c2nc(-c3ccc4oc5c(-c6ccc7c(c6)c6ccccc6n7-c6ccccc6)cccc5c4c3)nc(-c3c([2H])c([2H])c([2H])c([2H])c3[2H])n2)c([2H])c1[2H]. The van der Waals surface area contributed by atoms with Gasteiger partial charge >= 0.3 is 0 Å². The molecule has 10 aromatic rings. The van der Waals surface area contributed by atoms with Crippen LogP contribution < -0.4 is 0 Å². The van der Waals surface area contributed by atoms with Crippen LogP contribution in [0, 0.1) is 0 Å². The average Bonchev–Trinajstić information content (AvgIpc) is 3.82. The van der Waals surface area contributed by atoms with Crippen molar-refractivity contribution in [2.75, 3.05) is 0 Å². The Morgan fingerprint density at radius 1 is 0.460 bits per heavy atom. The molecule has 0 saturated carbocycles. The van der Waals surface area contributed by atoms with Crippen molar-refractivity contribution in [1.29, 1.82) is 0 Å². The summed E-state index contributed by atoms with van der Waals surface area (Å²) in [5.41, 5.74) is 6.00. The average molecular weight is 651 g/mol. The van der Waals surface area contributed by atoms with Crippen LogP contribution in [0.1, 0.15) is 13.7 Å². The van der Waals surface area contributed by atoms with Crippen LogP contribution in [0.2, 0.25) is 0 Å². The number of hydrogen-bond donors (Lipinski definition) is 0. The number of fused-ring (bicyclic) bond motifs is 6. The second kappa shape index (κ2) is 11.4. The van der Waals surface area contributed by atoms with Gasteiger partial charge in [-0.15, -0.1) is 0 Å². The third-order valence-electron chi connectivity index (χ3n) is 8.84. The minimum Gasteiger partial charge on any atom is -0.455 e. The number of hydrogen-bond acceptors (Lipinski definition) is 4. The summed E-state index contributed by atoms with van der Waals surface area (Å²) >= 11 is 0. The zero-order chi connectivity index (χ0) is 41.7. The Bertz CT molecular complexity index is 3310. The van der Waals surface area contributed by atoms with Gasteiger partial charge in [0.05, 0.1) is 24.7 Å². The maximum atomic E-state index is 8.65. The first-order chi connectivity index (χ1) is 28.9. The molecule has 0 aliphatic heterocycles. The van der Waals surface area contributed by atoms with Crippen LogP contribution >= 0.6 is 0 Å². The smallest absolute Gasteiger partial charge is 0.164 e. The Morgan fingerprint density at radius 2 is 1.06 bits per heavy atom. The molecule has 0 saturated heterocycles.